The van der Waals surface area contributed by atoms with Crippen LogP contribution in [0.2, 0.25) is 0 Å². The highest BCUT2D eigenvalue weighted by atomic mass is 19.4. The summed E-state index contributed by atoms with van der Waals surface area (Å²) in [7, 11) is 4.03. The van der Waals surface area contributed by atoms with Gasteiger partial charge in [0.05, 0.1) is 25.0 Å². The molecule has 7 unspecified atom stereocenters. The minimum absolute atomic E-state index is 0.101. The van der Waals surface area contributed by atoms with Crippen LogP contribution in [0.25, 0.3) is 0 Å². The number of Topliss-reactive ketones (excluding diaryl/α,β-unsaturated/α-hetero) is 1. The Morgan fingerprint density at radius 3 is 1.63 bits per heavy atom. The number of morpholine rings is 1. The Labute approximate surface area is 623 Å². The van der Waals surface area contributed by atoms with Gasteiger partial charge in [0.25, 0.3) is 0 Å². The molecule has 4 aromatic heterocycles. The molecule has 12 heterocycles. The zero-order chi connectivity index (χ0) is 76.0. The number of aromatic nitrogens is 6. The molecule has 8 saturated heterocycles. The topological polar surface area (TPSA) is 155 Å². The fourth-order valence-electron chi connectivity index (χ4n) is 14.6. The molecule has 0 spiro atoms. The van der Waals surface area contributed by atoms with E-state index in [2.05, 4.69) is 212 Å². The summed E-state index contributed by atoms with van der Waals surface area (Å²) < 4.78 is 45.7. The fourth-order valence-corrected chi connectivity index (χ4v) is 14.6. The molecule has 8 aliphatic rings. The minimum Gasteiger partial charge on any atom is -0.379 e. The zero-order valence-corrected chi connectivity index (χ0v) is 68.3. The Balaban J connectivity index is 0.000000215. The van der Waals surface area contributed by atoms with Crippen LogP contribution in [-0.2, 0) is 28.8 Å². The van der Waals surface area contributed by atoms with E-state index in [9.17, 15) is 18.0 Å². The summed E-state index contributed by atoms with van der Waals surface area (Å²) in [6, 6.07) is 16.0. The van der Waals surface area contributed by atoms with Crippen molar-refractivity contribution in [1.29, 1.82) is 0 Å². The first-order chi connectivity index (χ1) is 48.6. The number of hydrogen-bond acceptors (Lipinski definition) is 18. The molecule has 586 valence electrons. The SMILES string of the molecule is CC(C)(C)N1CCC(Cc2ccccn2)C1.CC(C)C.CC(C)N1CCC(Cc2cc(N(C)C)ncn2)C1.CC(C)N1CCC(Cc2cccnc2)C1.CC(C)N1CCC(N2CCOCC2)C1.CCC(=O)C1CCN(C(C)(C)C)C1.Cc1noc(C2CCN(C(C)C)C2)n1.FC(F)(F)C1CCNC1. The summed E-state index contributed by atoms with van der Waals surface area (Å²) in [5.74, 6) is 5.84. The molecule has 8 aliphatic heterocycles. The highest BCUT2D eigenvalue weighted by Crippen LogP contribution is 2.32. The summed E-state index contributed by atoms with van der Waals surface area (Å²) >= 11 is 0. The predicted molar refractivity (Wildman–Crippen MR) is 418 cm³/mol. The number of likely N-dealkylation sites (tertiary alicyclic amines) is 6. The van der Waals surface area contributed by atoms with Gasteiger partial charge in [0, 0.05) is 169 Å². The molecule has 103 heavy (non-hydrogen) atoms. The van der Waals surface area contributed by atoms with E-state index in [0.717, 1.165) is 125 Å². The molecule has 0 bridgehead atoms. The van der Waals surface area contributed by atoms with Crippen LogP contribution >= 0.6 is 0 Å². The van der Waals surface area contributed by atoms with E-state index in [1.807, 2.05) is 63.6 Å². The lowest BCUT2D eigenvalue weighted by molar-refractivity contribution is -0.168. The van der Waals surface area contributed by atoms with Crippen LogP contribution in [-0.4, -0.2) is 250 Å². The van der Waals surface area contributed by atoms with Gasteiger partial charge in [-0.25, -0.2) is 9.97 Å². The summed E-state index contributed by atoms with van der Waals surface area (Å²) in [4.78, 5) is 52.8. The van der Waals surface area contributed by atoms with Crippen molar-refractivity contribution >= 4 is 11.6 Å². The third kappa shape index (κ3) is 33.2. The average Bonchev–Trinajstić information content (AvgIpc) is 1.75. The van der Waals surface area contributed by atoms with Gasteiger partial charge in [-0.2, -0.15) is 18.2 Å². The van der Waals surface area contributed by atoms with Crippen LogP contribution in [0.15, 0.2) is 65.8 Å². The van der Waals surface area contributed by atoms with Crippen LogP contribution in [0.4, 0.5) is 19.0 Å². The molecule has 12 rings (SSSR count). The van der Waals surface area contributed by atoms with Crippen molar-refractivity contribution in [1.82, 2.24) is 69.7 Å². The lowest BCUT2D eigenvalue weighted by Crippen LogP contribution is -2.45. The third-order valence-electron chi connectivity index (χ3n) is 21.3. The average molecular weight is 1450 g/mol. The molecule has 7 atom stereocenters. The van der Waals surface area contributed by atoms with Crippen molar-refractivity contribution in [2.45, 2.75) is 256 Å². The Bertz CT molecular complexity index is 2890. The maximum atomic E-state index is 11.7. The van der Waals surface area contributed by atoms with Gasteiger partial charge >= 0.3 is 6.18 Å². The number of ether oxygens (including phenoxy) is 1. The second kappa shape index (κ2) is 44.7. The van der Waals surface area contributed by atoms with Crippen LogP contribution < -0.4 is 10.2 Å². The van der Waals surface area contributed by atoms with Crippen LogP contribution in [0.3, 0.4) is 0 Å². The largest absolute Gasteiger partial charge is 0.393 e. The number of ketones is 1. The van der Waals surface area contributed by atoms with Gasteiger partial charge in [-0.15, -0.1) is 0 Å². The fraction of sp³-hybridized carbons (Fsp3) is 0.793. The second-order valence-electron chi connectivity index (χ2n) is 34.1. The van der Waals surface area contributed by atoms with Gasteiger partial charge in [0.2, 0.25) is 5.89 Å². The second-order valence-corrected chi connectivity index (χ2v) is 34.1. The Kier molecular flexibility index (Phi) is 38.6. The first-order valence-electron chi connectivity index (χ1n) is 39.7. The molecule has 1 N–H and O–H groups in total. The minimum atomic E-state index is -3.98. The van der Waals surface area contributed by atoms with Crippen molar-refractivity contribution in [2.75, 3.05) is 137 Å². The number of aryl methyl sites for hydroxylation is 1. The predicted octanol–water partition coefficient (Wildman–Crippen LogP) is 14.2. The molecule has 18 nitrogen and oxygen atoms in total. The van der Waals surface area contributed by atoms with Crippen molar-refractivity contribution < 1.29 is 27.2 Å². The first-order valence-corrected chi connectivity index (χ1v) is 39.7. The maximum absolute atomic E-state index is 11.7. The van der Waals surface area contributed by atoms with Gasteiger partial charge in [-0.3, -0.25) is 34.4 Å². The van der Waals surface area contributed by atoms with E-state index < -0.39 is 12.1 Å². The lowest BCUT2D eigenvalue weighted by Gasteiger charge is -2.32. The van der Waals surface area contributed by atoms with Gasteiger partial charge < -0.3 is 34.2 Å². The number of nitrogens with zero attached hydrogens (tertiary/aromatic N) is 14. The van der Waals surface area contributed by atoms with E-state index >= 15 is 0 Å². The van der Waals surface area contributed by atoms with Crippen molar-refractivity contribution in [2.24, 2.45) is 35.5 Å². The molecule has 8 fully saturated rings. The van der Waals surface area contributed by atoms with Crippen molar-refractivity contribution in [3.63, 3.8) is 0 Å². The molecule has 0 saturated carbocycles. The number of hydrogen-bond donors (Lipinski definition) is 1. The smallest absolute Gasteiger partial charge is 0.379 e. The number of halogens is 3. The highest BCUT2D eigenvalue weighted by molar-refractivity contribution is 5.81. The maximum Gasteiger partial charge on any atom is 0.393 e. The third-order valence-corrected chi connectivity index (χ3v) is 21.3. The summed E-state index contributed by atoms with van der Waals surface area (Å²) in [6.07, 6.45) is 15.3. The lowest BCUT2D eigenvalue weighted by atomic mass is 10.00. The van der Waals surface area contributed by atoms with Crippen molar-refractivity contribution in [3.05, 3.63) is 90.0 Å². The molecule has 0 aliphatic carbocycles. The highest BCUT2D eigenvalue weighted by Gasteiger charge is 2.41. The van der Waals surface area contributed by atoms with Gasteiger partial charge in [-0.1, -0.05) is 45.0 Å². The summed E-state index contributed by atoms with van der Waals surface area (Å²) in [5, 5.41) is 6.49. The van der Waals surface area contributed by atoms with Gasteiger partial charge in [0.15, 0.2) is 5.82 Å². The van der Waals surface area contributed by atoms with Gasteiger partial charge in [-0.05, 0) is 255 Å². The van der Waals surface area contributed by atoms with E-state index in [1.54, 1.807) is 6.33 Å². The Hall–Kier alpha value is -4.58. The van der Waals surface area contributed by atoms with E-state index in [-0.39, 0.29) is 18.5 Å². The molecule has 0 radical (unpaired) electrons. The number of pyridine rings is 2. The molecule has 4 aromatic rings. The van der Waals surface area contributed by atoms with Gasteiger partial charge in [0.1, 0.15) is 17.9 Å². The number of carbonyl (C=O) groups is 1. The Morgan fingerprint density at radius 1 is 0.612 bits per heavy atom. The first kappa shape index (κ1) is 89.0. The number of anilines is 1. The van der Waals surface area contributed by atoms with E-state index in [1.165, 1.54) is 101 Å². The number of alkyl halides is 3. The molecule has 0 aromatic carbocycles. The summed E-state index contributed by atoms with van der Waals surface area (Å²) in [6.45, 7) is 61.0. The van der Waals surface area contributed by atoms with E-state index in [0.29, 0.717) is 60.3 Å². The molecule has 21 heteroatoms. The van der Waals surface area contributed by atoms with Crippen molar-refractivity contribution in [3.8, 4) is 0 Å². The molecule has 0 amide bonds. The van der Waals surface area contributed by atoms with E-state index in [4.69, 9.17) is 9.26 Å². The van der Waals surface area contributed by atoms with Crippen LogP contribution in [0, 0.1) is 42.4 Å². The van der Waals surface area contributed by atoms with Crippen LogP contribution in [0.5, 0.6) is 0 Å². The standard InChI is InChI=1S/C14H24N4.C14H22N2.C13H20N2.C11H22N2O.C11H21NO.C10H17N3O.C5H8F3N.C4H10/c1-11(2)18-6-5-12(9-18)7-13-8-14(17(3)4)16-10-15-13;1-14(2,3)16-9-7-12(11-16)10-13-6-4-5-8-15-13;1-11(2)15-7-5-13(10-15)8-12-4-3-6-14-9-12;1-10(2)13-4-3-11(9-13)12-5-7-14-8-6-12;1-5-10(13)9-6-7-12(8-9)11(2,3)4;1-7(2)13-5-4-9(6-13)10-11-8(3)12-14-10;6-5(7,8)4-1-2-9-3-4;1-4(2)3/h8,10-12H,5-7,9H2,1-4H3;4-6,8,12H,7,9-11H2,1-3H3;3-4,6,9,11,13H,5,7-8,10H2,1-2H3;10-11H,3-9H2,1-2H3;9H,5-8H2,1-4H3;7,9H,4-6H2,1-3H3;4,9H,1-3H2;4H,1-3H3. The summed E-state index contributed by atoms with van der Waals surface area (Å²) in [5.41, 5.74) is 4.34. The molecular formula is C82H144F3N15O3. The zero-order valence-electron chi connectivity index (χ0n) is 68.3. The normalized spacial score (nSPS) is 23.9. The molecular weight excluding hydrogens is 1300 g/mol. The number of rotatable bonds is 15. The monoisotopic (exact) mass is 1440 g/mol. The number of carbonyl (C=O) groups excluding carboxylic acids is 1. The van der Waals surface area contributed by atoms with Crippen LogP contribution in [0.1, 0.15) is 211 Å². The quantitative estimate of drug-likeness (QED) is 0.120. The Morgan fingerprint density at radius 2 is 1.17 bits per heavy atom. The number of nitrogens with one attached hydrogen (secondary N) is 1.